The van der Waals surface area contributed by atoms with Gasteiger partial charge in [0, 0.05) is 0 Å². The molecular formula is C22H28N2O7S. The van der Waals surface area contributed by atoms with Crippen LogP contribution in [0.3, 0.4) is 0 Å². The molecule has 2 N–H and O–H groups in total. The average Bonchev–Trinajstić information content (AvgIpc) is 3.29. The Morgan fingerprint density at radius 2 is 1.75 bits per heavy atom. The van der Waals surface area contributed by atoms with Crippen LogP contribution in [-0.2, 0) is 28.9 Å². The minimum atomic E-state index is -4.00. The summed E-state index contributed by atoms with van der Waals surface area (Å²) in [5.41, 5.74) is 0.255. The summed E-state index contributed by atoms with van der Waals surface area (Å²) >= 11 is 0. The molecule has 1 saturated carbocycles. The second-order valence-corrected chi connectivity index (χ2v) is 10.0. The zero-order chi connectivity index (χ0) is 23.4. The van der Waals surface area contributed by atoms with Crippen LogP contribution < -0.4 is 10.6 Å². The maximum Gasteiger partial charge on any atom is 0.338 e. The Morgan fingerprint density at radius 3 is 2.34 bits per heavy atom. The second kappa shape index (κ2) is 9.72. The lowest BCUT2D eigenvalue weighted by Gasteiger charge is -2.30. The smallest absolute Gasteiger partial charge is 0.338 e. The summed E-state index contributed by atoms with van der Waals surface area (Å²) in [6, 6.07) is 6.69. The van der Waals surface area contributed by atoms with E-state index in [1.54, 1.807) is 32.0 Å². The fraction of sp³-hybridized carbons (Fsp3) is 0.500. The molecule has 10 heteroatoms. The molecular weight excluding hydrogens is 436 g/mol. The van der Waals surface area contributed by atoms with Crippen LogP contribution in [0.15, 0.2) is 46.5 Å². The molecule has 0 saturated heterocycles. The first-order valence-corrected chi connectivity index (χ1v) is 12.2. The molecule has 0 spiro atoms. The first-order valence-electron chi connectivity index (χ1n) is 10.7. The van der Waals surface area contributed by atoms with Gasteiger partial charge in [-0.15, -0.1) is 0 Å². The SMILES string of the molecule is CCOC(=O)C1=C(COC(=O)C2(S(=O)(=O)c3ccccc3)CCCC2)NC(=O)N[C@@H]1CC. The lowest BCUT2D eigenvalue weighted by atomic mass is 10.0. The van der Waals surface area contributed by atoms with Crippen molar-refractivity contribution in [1.82, 2.24) is 10.6 Å². The molecule has 0 unspecified atom stereocenters. The van der Waals surface area contributed by atoms with E-state index in [1.165, 1.54) is 12.1 Å². The van der Waals surface area contributed by atoms with E-state index in [0.29, 0.717) is 19.3 Å². The summed E-state index contributed by atoms with van der Waals surface area (Å²) in [6.07, 6.45) is 1.88. The zero-order valence-corrected chi connectivity index (χ0v) is 19.0. The van der Waals surface area contributed by atoms with Crippen molar-refractivity contribution in [2.24, 2.45) is 0 Å². The molecule has 3 rings (SSSR count). The Morgan fingerprint density at radius 1 is 1.09 bits per heavy atom. The van der Waals surface area contributed by atoms with Crippen molar-refractivity contribution in [3.63, 3.8) is 0 Å². The van der Waals surface area contributed by atoms with Gasteiger partial charge in [0.15, 0.2) is 14.6 Å². The van der Waals surface area contributed by atoms with Crippen LogP contribution in [0, 0.1) is 0 Å². The molecule has 0 bridgehead atoms. The van der Waals surface area contributed by atoms with E-state index in [1.807, 2.05) is 0 Å². The number of sulfone groups is 1. The molecule has 2 aliphatic rings. The van der Waals surface area contributed by atoms with Crippen LogP contribution >= 0.6 is 0 Å². The third-order valence-electron chi connectivity index (χ3n) is 5.85. The van der Waals surface area contributed by atoms with Crippen LogP contribution in [0.25, 0.3) is 0 Å². The maximum absolute atomic E-state index is 13.4. The third kappa shape index (κ3) is 4.36. The van der Waals surface area contributed by atoms with Gasteiger partial charge in [0.2, 0.25) is 0 Å². The fourth-order valence-corrected chi connectivity index (χ4v) is 6.27. The summed E-state index contributed by atoms with van der Waals surface area (Å²) in [7, 11) is -4.00. The van der Waals surface area contributed by atoms with E-state index in [2.05, 4.69) is 10.6 Å². The van der Waals surface area contributed by atoms with E-state index in [0.717, 1.165) is 0 Å². The molecule has 1 fully saturated rings. The van der Waals surface area contributed by atoms with E-state index in [4.69, 9.17) is 9.47 Å². The number of hydrogen-bond acceptors (Lipinski definition) is 7. The van der Waals surface area contributed by atoms with Gasteiger partial charge in [-0.3, -0.25) is 4.79 Å². The van der Waals surface area contributed by atoms with Crippen molar-refractivity contribution < 1.29 is 32.3 Å². The molecule has 1 aliphatic carbocycles. The van der Waals surface area contributed by atoms with Gasteiger partial charge < -0.3 is 20.1 Å². The molecule has 2 amide bonds. The van der Waals surface area contributed by atoms with E-state index in [-0.39, 0.29) is 35.6 Å². The quantitative estimate of drug-likeness (QED) is 0.565. The summed E-state index contributed by atoms with van der Waals surface area (Å²) in [6.45, 7) is 3.15. The van der Waals surface area contributed by atoms with Gasteiger partial charge in [-0.1, -0.05) is 38.0 Å². The van der Waals surface area contributed by atoms with Crippen molar-refractivity contribution >= 4 is 27.8 Å². The van der Waals surface area contributed by atoms with E-state index < -0.39 is 45.2 Å². The first-order chi connectivity index (χ1) is 15.3. The predicted molar refractivity (Wildman–Crippen MR) is 115 cm³/mol. The minimum absolute atomic E-state index is 0.0616. The van der Waals surface area contributed by atoms with E-state index in [9.17, 15) is 22.8 Å². The second-order valence-electron chi connectivity index (χ2n) is 7.77. The summed E-state index contributed by atoms with van der Waals surface area (Å²) in [5.74, 6) is -1.51. The van der Waals surface area contributed by atoms with Gasteiger partial charge >= 0.3 is 18.0 Å². The highest BCUT2D eigenvalue weighted by Gasteiger charge is 2.54. The van der Waals surface area contributed by atoms with Crippen molar-refractivity contribution in [3.05, 3.63) is 41.6 Å². The maximum atomic E-state index is 13.4. The number of carbonyl (C=O) groups is 3. The van der Waals surface area contributed by atoms with Crippen LogP contribution in [-0.4, -0.2) is 50.4 Å². The van der Waals surface area contributed by atoms with E-state index >= 15 is 0 Å². The molecule has 1 aromatic carbocycles. The van der Waals surface area contributed by atoms with Gasteiger partial charge in [0.05, 0.1) is 28.8 Å². The van der Waals surface area contributed by atoms with Crippen LogP contribution in [0.5, 0.6) is 0 Å². The standard InChI is InChI=1S/C22H28N2O7S/c1-3-16-18(19(25)30-4-2)17(24-21(27)23-16)14-31-20(26)22(12-8-9-13-22)32(28,29)15-10-6-5-7-11-15/h5-7,10-11,16H,3-4,8-9,12-14H2,1-2H3,(H2,23,24,27)/t16-/m1/s1. The molecule has 1 heterocycles. The summed E-state index contributed by atoms with van der Waals surface area (Å²) < 4.78 is 35.6. The summed E-state index contributed by atoms with van der Waals surface area (Å²) in [5, 5.41) is 5.14. The molecule has 0 aromatic heterocycles. The lowest BCUT2D eigenvalue weighted by Crippen LogP contribution is -2.51. The normalized spacial score (nSPS) is 20.3. The zero-order valence-electron chi connectivity index (χ0n) is 18.2. The Labute approximate surface area is 187 Å². The van der Waals surface area contributed by atoms with Gasteiger partial charge in [0.25, 0.3) is 0 Å². The molecule has 174 valence electrons. The van der Waals surface area contributed by atoms with Crippen molar-refractivity contribution in [1.29, 1.82) is 0 Å². The van der Waals surface area contributed by atoms with Crippen LogP contribution in [0.1, 0.15) is 46.0 Å². The Balaban J connectivity index is 1.90. The number of rotatable bonds is 8. The number of nitrogens with one attached hydrogen (secondary N) is 2. The number of hydrogen-bond donors (Lipinski definition) is 2. The third-order valence-corrected chi connectivity index (χ3v) is 8.34. The molecule has 0 radical (unpaired) electrons. The fourth-order valence-electron chi connectivity index (χ4n) is 4.20. The van der Waals surface area contributed by atoms with Gasteiger partial charge in [0.1, 0.15) is 6.61 Å². The van der Waals surface area contributed by atoms with Crippen LogP contribution in [0.2, 0.25) is 0 Å². The first kappa shape index (κ1) is 23.8. The number of urea groups is 1. The molecule has 9 nitrogen and oxygen atoms in total. The van der Waals surface area contributed by atoms with Gasteiger partial charge in [-0.2, -0.15) is 0 Å². The summed E-state index contributed by atoms with van der Waals surface area (Å²) in [4.78, 5) is 37.8. The van der Waals surface area contributed by atoms with Crippen LogP contribution in [0.4, 0.5) is 4.79 Å². The van der Waals surface area contributed by atoms with Gasteiger partial charge in [-0.05, 0) is 38.3 Å². The Kier molecular flexibility index (Phi) is 7.22. The lowest BCUT2D eigenvalue weighted by molar-refractivity contribution is -0.146. The molecule has 1 aromatic rings. The number of esters is 2. The number of carbonyl (C=O) groups excluding carboxylic acids is 3. The van der Waals surface area contributed by atoms with Crippen molar-refractivity contribution in [3.8, 4) is 0 Å². The minimum Gasteiger partial charge on any atom is -0.463 e. The molecule has 1 atom stereocenters. The monoisotopic (exact) mass is 464 g/mol. The topological polar surface area (TPSA) is 128 Å². The number of amides is 2. The number of benzene rings is 1. The molecule has 1 aliphatic heterocycles. The number of ether oxygens (including phenoxy) is 2. The Hall–Kier alpha value is -2.88. The van der Waals surface area contributed by atoms with Crippen molar-refractivity contribution in [2.45, 2.75) is 61.6 Å². The predicted octanol–water partition coefficient (Wildman–Crippen LogP) is 2.22. The largest absolute Gasteiger partial charge is 0.463 e. The highest BCUT2D eigenvalue weighted by Crippen LogP contribution is 2.41. The van der Waals surface area contributed by atoms with Crippen molar-refractivity contribution in [2.75, 3.05) is 13.2 Å². The average molecular weight is 465 g/mol. The molecule has 32 heavy (non-hydrogen) atoms. The highest BCUT2D eigenvalue weighted by atomic mass is 32.2. The Bertz CT molecular complexity index is 1010. The van der Waals surface area contributed by atoms with Gasteiger partial charge in [-0.25, -0.2) is 18.0 Å². The highest BCUT2D eigenvalue weighted by molar-refractivity contribution is 7.93.